The van der Waals surface area contributed by atoms with Crippen molar-refractivity contribution in [3.63, 3.8) is 0 Å². The van der Waals surface area contributed by atoms with Gasteiger partial charge in [0.25, 0.3) is 0 Å². The van der Waals surface area contributed by atoms with Crippen LogP contribution in [0, 0.1) is 0 Å². The van der Waals surface area contributed by atoms with Gasteiger partial charge in [-0.05, 0) is 37.0 Å². The smallest absolute Gasteiger partial charge is 0.322 e. The predicted molar refractivity (Wildman–Crippen MR) is 125 cm³/mol. The maximum atomic E-state index is 13.2. The van der Waals surface area contributed by atoms with Crippen LogP contribution < -0.4 is 15.5 Å². The van der Waals surface area contributed by atoms with Crippen LogP contribution in [0.2, 0.25) is 5.02 Å². The zero-order valence-corrected chi connectivity index (χ0v) is 19.4. The Morgan fingerprint density at radius 1 is 1.18 bits per heavy atom. The molecule has 9 nitrogen and oxygen atoms in total. The van der Waals surface area contributed by atoms with E-state index in [4.69, 9.17) is 16.6 Å². The van der Waals surface area contributed by atoms with Crippen molar-refractivity contribution < 1.29 is 14.4 Å². The number of urea groups is 1. The van der Waals surface area contributed by atoms with Crippen molar-refractivity contribution in [1.29, 1.82) is 0 Å². The van der Waals surface area contributed by atoms with Gasteiger partial charge in [-0.25, -0.2) is 14.8 Å². The minimum atomic E-state index is -0.714. The van der Waals surface area contributed by atoms with E-state index in [1.54, 1.807) is 4.90 Å². The maximum absolute atomic E-state index is 13.2. The monoisotopic (exact) mass is 470 g/mol. The van der Waals surface area contributed by atoms with Crippen LogP contribution in [-0.2, 0) is 9.59 Å². The Morgan fingerprint density at radius 3 is 2.67 bits per heavy atom. The molecule has 10 heteroatoms. The quantitative estimate of drug-likeness (QED) is 0.711. The number of hydrogen-bond acceptors (Lipinski definition) is 6. The molecule has 2 fully saturated rings. The van der Waals surface area contributed by atoms with E-state index < -0.39 is 12.1 Å². The number of carbonyl (C=O) groups excluding carboxylic acids is 3. The molecule has 2 saturated heterocycles. The summed E-state index contributed by atoms with van der Waals surface area (Å²) in [7, 11) is 3.78. The van der Waals surface area contributed by atoms with Gasteiger partial charge >= 0.3 is 6.03 Å². The molecule has 1 aromatic carbocycles. The molecular formula is C23H27ClN6O3. The second kappa shape index (κ2) is 9.74. The first kappa shape index (κ1) is 23.0. The Balaban J connectivity index is 1.61. The van der Waals surface area contributed by atoms with Crippen molar-refractivity contribution in [3.05, 3.63) is 41.2 Å². The number of nitrogens with zero attached hydrogens (tertiary/aromatic N) is 4. The van der Waals surface area contributed by atoms with Crippen molar-refractivity contribution in [1.82, 2.24) is 25.5 Å². The fourth-order valence-electron chi connectivity index (χ4n) is 4.30. The number of nitrogens with one attached hydrogen (secondary N) is 2. The van der Waals surface area contributed by atoms with Gasteiger partial charge in [-0.3, -0.25) is 14.9 Å². The third-order valence-electron chi connectivity index (χ3n) is 6.00. The number of amides is 4. The number of anilines is 1. The lowest BCUT2D eigenvalue weighted by Gasteiger charge is -2.35. The standard InChI is InChI=1S/C23H27ClN6O3/c1-29(2)22-25-12-17(14-5-7-16(24)8-6-14)20(28-22)15-4-3-11-30(13-15)21(32)18-9-10-19(31)27-23(33)26-18/h5-8,12,15,18H,3-4,9-11,13H2,1-2H3,(H2,26,27,31,33)/t15-,18-/m0/s1. The number of piperidine rings is 1. The summed E-state index contributed by atoms with van der Waals surface area (Å²) in [5.74, 6) is 0.0757. The molecular weight excluding hydrogens is 444 g/mol. The number of halogens is 1. The minimum absolute atomic E-state index is 0.0105. The lowest BCUT2D eigenvalue weighted by Crippen LogP contribution is -2.51. The highest BCUT2D eigenvalue weighted by atomic mass is 35.5. The third-order valence-corrected chi connectivity index (χ3v) is 6.25. The number of benzene rings is 1. The van der Waals surface area contributed by atoms with Gasteiger partial charge in [-0.15, -0.1) is 0 Å². The SMILES string of the molecule is CN(C)c1ncc(-c2ccc(Cl)cc2)c([C@H]2CCCN(C(=O)[C@@H]3CCC(=O)NC(=O)N3)C2)n1. The van der Waals surface area contributed by atoms with Gasteiger partial charge in [0.15, 0.2) is 0 Å². The van der Waals surface area contributed by atoms with Gasteiger partial charge in [0.2, 0.25) is 17.8 Å². The molecule has 4 amide bonds. The highest BCUT2D eigenvalue weighted by Crippen LogP contribution is 2.34. The Hall–Kier alpha value is -3.20. The van der Waals surface area contributed by atoms with E-state index in [1.807, 2.05) is 49.5 Å². The number of likely N-dealkylation sites (tertiary alicyclic amines) is 1. The fraction of sp³-hybridized carbons (Fsp3) is 0.435. The van der Waals surface area contributed by atoms with Crippen LogP contribution in [0.15, 0.2) is 30.5 Å². The van der Waals surface area contributed by atoms with Gasteiger partial charge < -0.3 is 15.1 Å². The summed E-state index contributed by atoms with van der Waals surface area (Å²) in [4.78, 5) is 49.7. The summed E-state index contributed by atoms with van der Waals surface area (Å²) in [5.41, 5.74) is 2.76. The summed E-state index contributed by atoms with van der Waals surface area (Å²) in [6.07, 6.45) is 3.93. The molecule has 0 bridgehead atoms. The van der Waals surface area contributed by atoms with E-state index in [0.717, 1.165) is 29.7 Å². The van der Waals surface area contributed by atoms with Gasteiger partial charge in [0.05, 0.1) is 5.69 Å². The first-order valence-corrected chi connectivity index (χ1v) is 11.4. The molecule has 0 radical (unpaired) electrons. The van der Waals surface area contributed by atoms with Crippen molar-refractivity contribution in [2.24, 2.45) is 0 Å². The summed E-state index contributed by atoms with van der Waals surface area (Å²) >= 11 is 6.08. The molecule has 174 valence electrons. The number of imide groups is 1. The van der Waals surface area contributed by atoms with E-state index in [9.17, 15) is 14.4 Å². The van der Waals surface area contributed by atoms with Crippen LogP contribution in [0.5, 0.6) is 0 Å². The first-order chi connectivity index (χ1) is 15.8. The van der Waals surface area contributed by atoms with Crippen molar-refractivity contribution >= 4 is 35.4 Å². The number of rotatable bonds is 4. The van der Waals surface area contributed by atoms with Crippen LogP contribution in [0.1, 0.15) is 37.3 Å². The highest BCUT2D eigenvalue weighted by Gasteiger charge is 2.34. The van der Waals surface area contributed by atoms with Crippen molar-refractivity contribution in [2.45, 2.75) is 37.6 Å². The summed E-state index contributed by atoms with van der Waals surface area (Å²) < 4.78 is 0. The second-order valence-corrected chi connectivity index (χ2v) is 9.04. The second-order valence-electron chi connectivity index (χ2n) is 8.61. The minimum Gasteiger partial charge on any atom is -0.347 e. The molecule has 2 aliphatic rings. The predicted octanol–water partition coefficient (Wildman–Crippen LogP) is 2.56. The third kappa shape index (κ3) is 5.24. The van der Waals surface area contributed by atoms with Crippen LogP contribution in [0.3, 0.4) is 0 Å². The summed E-state index contributed by atoms with van der Waals surface area (Å²) in [6.45, 7) is 1.09. The average Bonchev–Trinajstić information content (AvgIpc) is 2.98. The zero-order valence-electron chi connectivity index (χ0n) is 18.7. The molecule has 0 aliphatic carbocycles. The van der Waals surface area contributed by atoms with E-state index >= 15 is 0 Å². The van der Waals surface area contributed by atoms with Crippen molar-refractivity contribution in [3.8, 4) is 11.1 Å². The zero-order chi connectivity index (χ0) is 23.5. The van der Waals surface area contributed by atoms with Crippen molar-refractivity contribution in [2.75, 3.05) is 32.1 Å². The van der Waals surface area contributed by atoms with Crippen LogP contribution >= 0.6 is 11.6 Å². The molecule has 0 spiro atoms. The average molecular weight is 471 g/mol. The Morgan fingerprint density at radius 2 is 1.94 bits per heavy atom. The Kier molecular flexibility index (Phi) is 6.78. The molecule has 2 atom stereocenters. The van der Waals surface area contributed by atoms with Gasteiger partial charge in [0, 0.05) is 56.3 Å². The molecule has 1 aromatic heterocycles. The fourth-order valence-corrected chi connectivity index (χ4v) is 4.43. The molecule has 2 aliphatic heterocycles. The largest absolute Gasteiger partial charge is 0.347 e. The molecule has 33 heavy (non-hydrogen) atoms. The normalized spacial score (nSPS) is 21.1. The molecule has 2 aromatic rings. The Labute approximate surface area is 197 Å². The number of hydrogen-bond donors (Lipinski definition) is 2. The summed E-state index contributed by atoms with van der Waals surface area (Å²) in [6, 6.07) is 6.21. The molecule has 2 N–H and O–H groups in total. The number of carbonyl (C=O) groups is 3. The van der Waals surface area contributed by atoms with Crippen LogP contribution in [0.4, 0.5) is 10.7 Å². The number of aromatic nitrogens is 2. The van der Waals surface area contributed by atoms with E-state index in [2.05, 4.69) is 15.6 Å². The summed E-state index contributed by atoms with van der Waals surface area (Å²) in [5, 5.41) is 5.49. The van der Waals surface area contributed by atoms with Crippen LogP contribution in [-0.4, -0.2) is 65.9 Å². The first-order valence-electron chi connectivity index (χ1n) is 11.0. The maximum Gasteiger partial charge on any atom is 0.322 e. The lowest BCUT2D eigenvalue weighted by molar-refractivity contribution is -0.134. The Bertz CT molecular complexity index is 1060. The van der Waals surface area contributed by atoms with Gasteiger partial charge in [0.1, 0.15) is 6.04 Å². The highest BCUT2D eigenvalue weighted by molar-refractivity contribution is 6.30. The molecule has 4 rings (SSSR count). The van der Waals surface area contributed by atoms with E-state index in [0.29, 0.717) is 24.1 Å². The topological polar surface area (TPSA) is 108 Å². The van der Waals surface area contributed by atoms with E-state index in [1.165, 1.54) is 0 Å². The van der Waals surface area contributed by atoms with E-state index in [-0.39, 0.29) is 30.6 Å². The van der Waals surface area contributed by atoms with Gasteiger partial charge in [-0.2, -0.15) is 0 Å². The van der Waals surface area contributed by atoms with Gasteiger partial charge in [-0.1, -0.05) is 23.7 Å². The van der Waals surface area contributed by atoms with Crippen LogP contribution in [0.25, 0.3) is 11.1 Å². The molecule has 3 heterocycles. The lowest BCUT2D eigenvalue weighted by atomic mass is 9.89. The molecule has 0 unspecified atom stereocenters. The molecule has 0 saturated carbocycles.